The van der Waals surface area contributed by atoms with Gasteiger partial charge in [-0.3, -0.25) is 0 Å². The standard InChI is InChI=1S/C7H16N2O4S3/c1-6(7(8)14)9(2)16(12,13)5-4-15(3,10)11/h6H,4-5H2,1-3H3,(H2,8,14). The summed E-state index contributed by atoms with van der Waals surface area (Å²) in [5.41, 5.74) is 5.32. The molecule has 6 nitrogen and oxygen atoms in total. The Morgan fingerprint density at radius 1 is 1.31 bits per heavy atom. The molecule has 9 heteroatoms. The third-order valence-electron chi connectivity index (χ3n) is 2.11. The van der Waals surface area contributed by atoms with E-state index < -0.39 is 37.4 Å². The van der Waals surface area contributed by atoms with Gasteiger partial charge in [-0.1, -0.05) is 12.2 Å². The Bertz CT molecular complexity index is 454. The van der Waals surface area contributed by atoms with Crippen molar-refractivity contribution in [1.82, 2.24) is 4.31 Å². The predicted molar refractivity (Wildman–Crippen MR) is 67.5 cm³/mol. The summed E-state index contributed by atoms with van der Waals surface area (Å²) in [6.45, 7) is 1.54. The van der Waals surface area contributed by atoms with Gasteiger partial charge in [0.2, 0.25) is 10.0 Å². The Labute approximate surface area is 102 Å². The molecule has 0 bridgehead atoms. The molecule has 2 N–H and O–H groups in total. The van der Waals surface area contributed by atoms with E-state index in [1.165, 1.54) is 7.05 Å². The van der Waals surface area contributed by atoms with Crippen molar-refractivity contribution >= 4 is 37.1 Å². The highest BCUT2D eigenvalue weighted by Gasteiger charge is 2.25. The van der Waals surface area contributed by atoms with E-state index in [4.69, 9.17) is 5.73 Å². The lowest BCUT2D eigenvalue weighted by Gasteiger charge is -2.22. The number of hydrogen-bond acceptors (Lipinski definition) is 5. The zero-order valence-corrected chi connectivity index (χ0v) is 11.8. The lowest BCUT2D eigenvalue weighted by atomic mass is 10.3. The number of hydrogen-bond donors (Lipinski definition) is 1. The Morgan fingerprint density at radius 3 is 2.06 bits per heavy atom. The van der Waals surface area contributed by atoms with E-state index in [0.29, 0.717) is 0 Å². The van der Waals surface area contributed by atoms with E-state index in [1.807, 2.05) is 0 Å². The molecule has 0 aromatic carbocycles. The minimum absolute atomic E-state index is 0.0467. The first-order valence-electron chi connectivity index (χ1n) is 4.40. The van der Waals surface area contributed by atoms with Crippen molar-refractivity contribution in [3.63, 3.8) is 0 Å². The number of rotatable bonds is 6. The molecule has 0 aromatic heterocycles. The molecule has 0 saturated carbocycles. The third kappa shape index (κ3) is 5.19. The van der Waals surface area contributed by atoms with Crippen LogP contribution in [0.5, 0.6) is 0 Å². The minimum atomic E-state index is -3.65. The van der Waals surface area contributed by atoms with Gasteiger partial charge in [0, 0.05) is 13.3 Å². The first-order valence-corrected chi connectivity index (χ1v) is 8.48. The molecule has 1 unspecified atom stereocenters. The van der Waals surface area contributed by atoms with Crippen LogP contribution in [-0.4, -0.2) is 57.0 Å². The second-order valence-corrected chi connectivity index (χ2v) is 8.42. The SMILES string of the molecule is CC(C(N)=S)N(C)S(=O)(=O)CCS(C)(=O)=O. The summed E-state index contributed by atoms with van der Waals surface area (Å²) in [6.07, 6.45) is 0.986. The summed E-state index contributed by atoms with van der Waals surface area (Å²) in [6, 6.07) is -0.625. The lowest BCUT2D eigenvalue weighted by molar-refractivity contribution is 0.452. The molecule has 0 saturated heterocycles. The quantitative estimate of drug-likeness (QED) is 0.627. The molecule has 0 aliphatic carbocycles. The van der Waals surface area contributed by atoms with Gasteiger partial charge in [0.15, 0.2) is 0 Å². The molecule has 0 aromatic rings. The van der Waals surface area contributed by atoms with Crippen molar-refractivity contribution in [2.75, 3.05) is 24.8 Å². The van der Waals surface area contributed by atoms with Crippen LogP contribution < -0.4 is 5.73 Å². The first-order chi connectivity index (χ1) is 6.97. The lowest BCUT2D eigenvalue weighted by Crippen LogP contribution is -2.44. The minimum Gasteiger partial charge on any atom is -0.392 e. The molecule has 1 atom stereocenters. The summed E-state index contributed by atoms with van der Waals surface area (Å²) in [7, 11) is -5.64. The molecule has 0 rings (SSSR count). The maximum absolute atomic E-state index is 11.7. The van der Waals surface area contributed by atoms with Crippen LogP contribution in [0.2, 0.25) is 0 Å². The number of thiocarbonyl (C=S) groups is 1. The smallest absolute Gasteiger partial charge is 0.215 e. The molecule has 0 aliphatic rings. The fourth-order valence-electron chi connectivity index (χ4n) is 0.821. The zero-order valence-electron chi connectivity index (χ0n) is 9.37. The van der Waals surface area contributed by atoms with Crippen LogP contribution >= 0.6 is 12.2 Å². The Balaban J connectivity index is 4.75. The molecule has 96 valence electrons. The Kier molecular flexibility index (Phi) is 5.30. The molecule has 0 spiro atoms. The van der Waals surface area contributed by atoms with Crippen molar-refractivity contribution in [2.45, 2.75) is 13.0 Å². The largest absolute Gasteiger partial charge is 0.392 e. The highest BCUT2D eigenvalue weighted by molar-refractivity contribution is 7.93. The number of sulfone groups is 1. The van der Waals surface area contributed by atoms with Crippen LogP contribution in [0.1, 0.15) is 6.92 Å². The van der Waals surface area contributed by atoms with E-state index in [0.717, 1.165) is 10.6 Å². The molecule has 0 aliphatic heterocycles. The molecule has 0 radical (unpaired) electrons. The van der Waals surface area contributed by atoms with Crippen molar-refractivity contribution < 1.29 is 16.8 Å². The second-order valence-electron chi connectivity index (χ2n) is 3.54. The second kappa shape index (κ2) is 5.39. The van der Waals surface area contributed by atoms with E-state index >= 15 is 0 Å². The Morgan fingerprint density at radius 2 is 1.75 bits per heavy atom. The molecule has 0 heterocycles. The fourth-order valence-corrected chi connectivity index (χ4v) is 3.98. The number of nitrogens with zero attached hydrogens (tertiary/aromatic N) is 1. The summed E-state index contributed by atoms with van der Waals surface area (Å²) in [5.74, 6) is -0.876. The average molecular weight is 288 g/mol. The molecule has 16 heavy (non-hydrogen) atoms. The van der Waals surface area contributed by atoms with Gasteiger partial charge in [0.05, 0.1) is 22.5 Å². The van der Waals surface area contributed by atoms with E-state index in [2.05, 4.69) is 12.2 Å². The van der Waals surface area contributed by atoms with Crippen molar-refractivity contribution in [3.8, 4) is 0 Å². The molecular formula is C7H16N2O4S3. The predicted octanol–water partition coefficient (Wildman–Crippen LogP) is -1.03. The maximum atomic E-state index is 11.7. The molecular weight excluding hydrogens is 272 g/mol. The van der Waals surface area contributed by atoms with Gasteiger partial charge in [-0.2, -0.15) is 4.31 Å². The molecule has 0 fully saturated rings. The first kappa shape index (κ1) is 15.8. The summed E-state index contributed by atoms with van der Waals surface area (Å²) in [4.78, 5) is 0.0467. The van der Waals surface area contributed by atoms with Gasteiger partial charge >= 0.3 is 0 Å². The van der Waals surface area contributed by atoms with Gasteiger partial charge in [-0.25, -0.2) is 16.8 Å². The maximum Gasteiger partial charge on any atom is 0.215 e. The van der Waals surface area contributed by atoms with Gasteiger partial charge < -0.3 is 5.73 Å². The van der Waals surface area contributed by atoms with Gasteiger partial charge in [-0.15, -0.1) is 0 Å². The highest BCUT2D eigenvalue weighted by Crippen LogP contribution is 2.05. The number of nitrogens with two attached hydrogens (primary N) is 1. The van der Waals surface area contributed by atoms with E-state index in [9.17, 15) is 16.8 Å². The monoisotopic (exact) mass is 288 g/mol. The molecule has 0 amide bonds. The van der Waals surface area contributed by atoms with E-state index in [-0.39, 0.29) is 4.99 Å². The number of sulfonamides is 1. The fraction of sp³-hybridized carbons (Fsp3) is 0.857. The topological polar surface area (TPSA) is 97.5 Å². The van der Waals surface area contributed by atoms with Crippen molar-refractivity contribution in [2.24, 2.45) is 5.73 Å². The van der Waals surface area contributed by atoms with Crippen molar-refractivity contribution in [1.29, 1.82) is 0 Å². The van der Waals surface area contributed by atoms with Crippen LogP contribution in [0.15, 0.2) is 0 Å². The van der Waals surface area contributed by atoms with Gasteiger partial charge in [-0.05, 0) is 6.92 Å². The van der Waals surface area contributed by atoms with Crippen LogP contribution in [-0.2, 0) is 19.9 Å². The third-order valence-corrected chi connectivity index (χ3v) is 5.57. The number of likely N-dealkylation sites (N-methyl/N-ethyl adjacent to an activating group) is 1. The highest BCUT2D eigenvalue weighted by atomic mass is 32.2. The van der Waals surface area contributed by atoms with Crippen LogP contribution in [0, 0.1) is 0 Å². The van der Waals surface area contributed by atoms with Gasteiger partial charge in [0.1, 0.15) is 9.84 Å². The van der Waals surface area contributed by atoms with Crippen LogP contribution in [0.3, 0.4) is 0 Å². The summed E-state index contributed by atoms with van der Waals surface area (Å²) >= 11 is 4.67. The average Bonchev–Trinajstić information content (AvgIpc) is 2.11. The Hall–Kier alpha value is -0.250. The van der Waals surface area contributed by atoms with E-state index in [1.54, 1.807) is 6.92 Å². The summed E-state index contributed by atoms with van der Waals surface area (Å²) < 4.78 is 46.1. The van der Waals surface area contributed by atoms with Crippen LogP contribution in [0.25, 0.3) is 0 Å². The zero-order chi connectivity index (χ0) is 13.1. The summed E-state index contributed by atoms with van der Waals surface area (Å²) in [5, 5.41) is 0. The van der Waals surface area contributed by atoms with Crippen molar-refractivity contribution in [3.05, 3.63) is 0 Å². The normalized spacial score (nSPS) is 15.0. The van der Waals surface area contributed by atoms with Crippen LogP contribution in [0.4, 0.5) is 0 Å². The van der Waals surface area contributed by atoms with Gasteiger partial charge in [0.25, 0.3) is 0 Å².